The first-order valence-corrected chi connectivity index (χ1v) is 10.9. The lowest BCUT2D eigenvalue weighted by Crippen LogP contribution is -2.25. The number of carbonyl (C=O) groups is 1. The van der Waals surface area contributed by atoms with Gasteiger partial charge in [0.25, 0.3) is 5.91 Å². The van der Waals surface area contributed by atoms with E-state index >= 15 is 0 Å². The number of anilines is 1. The van der Waals surface area contributed by atoms with Crippen molar-refractivity contribution in [2.75, 3.05) is 5.32 Å². The summed E-state index contributed by atoms with van der Waals surface area (Å²) in [5.74, 6) is 0.820. The molecule has 2 aromatic carbocycles. The third kappa shape index (κ3) is 6.03. The van der Waals surface area contributed by atoms with Gasteiger partial charge in [0.15, 0.2) is 0 Å². The third-order valence-electron chi connectivity index (χ3n) is 4.97. The molecule has 0 saturated heterocycles. The molecule has 3 rings (SSSR count). The standard InChI is InChI=1S/C25H25N3O2S/c1-17-10-11-21(13-19(17)3)28-25(31-16-20-8-5-4-7-18(20)2)23(14-26)24(29)27-15-22-9-6-12-30-22/h4-13,28H,15-16H2,1-3H3,(H,27,29). The Morgan fingerprint density at radius 1 is 1.03 bits per heavy atom. The SMILES string of the molecule is Cc1ccc(NC(SCc2ccccc2C)=C(C#N)C(=O)NCc2ccco2)cc1C. The predicted molar refractivity (Wildman–Crippen MR) is 125 cm³/mol. The summed E-state index contributed by atoms with van der Waals surface area (Å²) < 4.78 is 5.26. The van der Waals surface area contributed by atoms with Crippen LogP contribution in [-0.4, -0.2) is 5.91 Å². The topological polar surface area (TPSA) is 78.1 Å². The molecule has 0 aliphatic rings. The Morgan fingerprint density at radius 3 is 2.52 bits per heavy atom. The highest BCUT2D eigenvalue weighted by molar-refractivity contribution is 8.02. The number of hydrogen-bond donors (Lipinski definition) is 2. The zero-order valence-electron chi connectivity index (χ0n) is 17.9. The minimum Gasteiger partial charge on any atom is -0.467 e. The fourth-order valence-corrected chi connectivity index (χ4v) is 4.01. The Labute approximate surface area is 187 Å². The number of amides is 1. The second-order valence-corrected chi connectivity index (χ2v) is 8.20. The molecule has 0 spiro atoms. The van der Waals surface area contributed by atoms with E-state index in [0.717, 1.165) is 16.8 Å². The molecule has 1 aromatic heterocycles. The van der Waals surface area contributed by atoms with Crippen molar-refractivity contribution < 1.29 is 9.21 Å². The van der Waals surface area contributed by atoms with Gasteiger partial charge in [-0.2, -0.15) is 5.26 Å². The van der Waals surface area contributed by atoms with Gasteiger partial charge in [-0.3, -0.25) is 4.79 Å². The van der Waals surface area contributed by atoms with E-state index in [-0.39, 0.29) is 12.1 Å². The van der Waals surface area contributed by atoms with Crippen LogP contribution >= 0.6 is 11.8 Å². The molecule has 0 radical (unpaired) electrons. The van der Waals surface area contributed by atoms with Gasteiger partial charge in [0.1, 0.15) is 17.4 Å². The summed E-state index contributed by atoms with van der Waals surface area (Å²) in [7, 11) is 0. The number of carbonyl (C=O) groups excluding carboxylic acids is 1. The zero-order chi connectivity index (χ0) is 22.2. The van der Waals surface area contributed by atoms with E-state index in [9.17, 15) is 10.1 Å². The molecule has 6 heteroatoms. The normalized spacial score (nSPS) is 11.4. The molecule has 1 amide bonds. The molecule has 1 heterocycles. The van der Waals surface area contributed by atoms with Crippen LogP contribution in [0.4, 0.5) is 5.69 Å². The third-order valence-corrected chi connectivity index (χ3v) is 6.02. The molecular weight excluding hydrogens is 406 g/mol. The molecule has 0 fully saturated rings. The van der Waals surface area contributed by atoms with Gasteiger partial charge in [-0.15, -0.1) is 11.8 Å². The molecular formula is C25H25N3O2S. The van der Waals surface area contributed by atoms with E-state index in [1.807, 2.05) is 44.2 Å². The smallest absolute Gasteiger partial charge is 0.265 e. The Morgan fingerprint density at radius 2 is 1.84 bits per heavy atom. The van der Waals surface area contributed by atoms with Crippen LogP contribution in [-0.2, 0) is 17.1 Å². The van der Waals surface area contributed by atoms with E-state index in [0.29, 0.717) is 16.5 Å². The quantitative estimate of drug-likeness (QED) is 0.358. The van der Waals surface area contributed by atoms with E-state index < -0.39 is 5.91 Å². The van der Waals surface area contributed by atoms with Gasteiger partial charge in [0.05, 0.1) is 17.8 Å². The Kier molecular flexibility index (Phi) is 7.58. The van der Waals surface area contributed by atoms with Crippen molar-refractivity contribution in [2.45, 2.75) is 33.1 Å². The minimum atomic E-state index is -0.442. The largest absolute Gasteiger partial charge is 0.467 e. The maximum Gasteiger partial charge on any atom is 0.265 e. The molecule has 2 N–H and O–H groups in total. The second kappa shape index (κ2) is 10.6. The zero-order valence-corrected chi connectivity index (χ0v) is 18.7. The second-order valence-electron chi connectivity index (χ2n) is 7.22. The van der Waals surface area contributed by atoms with E-state index in [1.54, 1.807) is 18.4 Å². The average molecular weight is 432 g/mol. The number of furan rings is 1. The van der Waals surface area contributed by atoms with Gasteiger partial charge in [0.2, 0.25) is 0 Å². The lowest BCUT2D eigenvalue weighted by Gasteiger charge is -2.15. The fraction of sp³-hybridized carbons (Fsp3) is 0.200. The van der Waals surface area contributed by atoms with Crippen LogP contribution in [0.5, 0.6) is 0 Å². The lowest BCUT2D eigenvalue weighted by atomic mass is 10.1. The molecule has 5 nitrogen and oxygen atoms in total. The summed E-state index contributed by atoms with van der Waals surface area (Å²) in [5, 5.41) is 16.4. The first-order chi connectivity index (χ1) is 15.0. The van der Waals surface area contributed by atoms with E-state index in [1.165, 1.54) is 22.9 Å². The van der Waals surface area contributed by atoms with Crippen molar-refractivity contribution in [3.8, 4) is 6.07 Å². The van der Waals surface area contributed by atoms with Crippen LogP contribution in [0.3, 0.4) is 0 Å². The van der Waals surface area contributed by atoms with Crippen LogP contribution in [0.1, 0.15) is 28.0 Å². The van der Waals surface area contributed by atoms with Crippen molar-refractivity contribution in [3.05, 3.63) is 99.5 Å². The average Bonchev–Trinajstić information content (AvgIpc) is 3.28. The van der Waals surface area contributed by atoms with Crippen LogP contribution in [0.25, 0.3) is 0 Å². The van der Waals surface area contributed by atoms with E-state index in [2.05, 4.69) is 35.8 Å². The van der Waals surface area contributed by atoms with Gasteiger partial charge in [-0.25, -0.2) is 0 Å². The Balaban J connectivity index is 1.87. The number of hydrogen-bond acceptors (Lipinski definition) is 5. The summed E-state index contributed by atoms with van der Waals surface area (Å²) in [4.78, 5) is 12.8. The molecule has 158 valence electrons. The number of nitrogens with zero attached hydrogens (tertiary/aromatic N) is 1. The number of nitrogens with one attached hydrogen (secondary N) is 2. The van der Waals surface area contributed by atoms with Crippen LogP contribution in [0.2, 0.25) is 0 Å². The number of benzene rings is 2. The van der Waals surface area contributed by atoms with Crippen LogP contribution in [0, 0.1) is 32.1 Å². The fourth-order valence-electron chi connectivity index (χ4n) is 2.92. The van der Waals surface area contributed by atoms with Crippen molar-refractivity contribution in [3.63, 3.8) is 0 Å². The van der Waals surface area contributed by atoms with Gasteiger partial charge in [-0.05, 0) is 67.3 Å². The highest BCUT2D eigenvalue weighted by Gasteiger charge is 2.17. The first kappa shape index (κ1) is 22.3. The van der Waals surface area contributed by atoms with Crippen molar-refractivity contribution in [1.29, 1.82) is 5.26 Å². The van der Waals surface area contributed by atoms with Crippen LogP contribution < -0.4 is 10.6 Å². The summed E-state index contributed by atoms with van der Waals surface area (Å²) in [6.45, 7) is 6.35. The molecule has 0 aliphatic heterocycles. The monoisotopic (exact) mass is 431 g/mol. The molecule has 0 unspecified atom stereocenters. The number of nitriles is 1. The Bertz CT molecular complexity index is 1130. The Hall–Kier alpha value is -3.43. The summed E-state index contributed by atoms with van der Waals surface area (Å²) in [6, 6.07) is 19.7. The van der Waals surface area contributed by atoms with Gasteiger partial charge in [-0.1, -0.05) is 30.3 Å². The molecule has 3 aromatic rings. The van der Waals surface area contributed by atoms with E-state index in [4.69, 9.17) is 4.42 Å². The first-order valence-electron chi connectivity index (χ1n) is 9.94. The number of rotatable bonds is 8. The highest BCUT2D eigenvalue weighted by Crippen LogP contribution is 2.28. The van der Waals surface area contributed by atoms with Crippen molar-refractivity contribution in [2.24, 2.45) is 0 Å². The van der Waals surface area contributed by atoms with Gasteiger partial charge < -0.3 is 15.1 Å². The van der Waals surface area contributed by atoms with Crippen molar-refractivity contribution in [1.82, 2.24) is 5.32 Å². The molecule has 0 bridgehead atoms. The maximum atomic E-state index is 12.8. The number of thioether (sulfide) groups is 1. The molecule has 0 atom stereocenters. The number of aryl methyl sites for hydroxylation is 3. The summed E-state index contributed by atoms with van der Waals surface area (Å²) in [6.07, 6.45) is 1.55. The summed E-state index contributed by atoms with van der Waals surface area (Å²) in [5.41, 5.74) is 5.51. The molecule has 0 aliphatic carbocycles. The van der Waals surface area contributed by atoms with Gasteiger partial charge in [0, 0.05) is 11.4 Å². The van der Waals surface area contributed by atoms with Crippen LogP contribution in [0.15, 0.2) is 75.9 Å². The van der Waals surface area contributed by atoms with Crippen molar-refractivity contribution >= 4 is 23.4 Å². The maximum absolute atomic E-state index is 12.8. The summed E-state index contributed by atoms with van der Waals surface area (Å²) >= 11 is 1.44. The molecule has 31 heavy (non-hydrogen) atoms. The molecule has 0 saturated carbocycles. The predicted octanol–water partition coefficient (Wildman–Crippen LogP) is 5.60. The lowest BCUT2D eigenvalue weighted by molar-refractivity contribution is -0.117. The highest BCUT2D eigenvalue weighted by atomic mass is 32.2. The van der Waals surface area contributed by atoms with Gasteiger partial charge >= 0.3 is 0 Å². The minimum absolute atomic E-state index is 0.0448.